The van der Waals surface area contributed by atoms with Crippen LogP contribution < -0.4 is 26.6 Å². The number of aryl methyl sites for hydroxylation is 1. The van der Waals surface area contributed by atoms with Gasteiger partial charge in [-0.15, -0.1) is 11.3 Å². The van der Waals surface area contributed by atoms with Crippen molar-refractivity contribution in [3.63, 3.8) is 0 Å². The number of para-hydroxylation sites is 1. The number of unbranched alkanes of at least 4 members (excludes halogenated alkanes) is 3. The van der Waals surface area contributed by atoms with Crippen LogP contribution in [0.3, 0.4) is 0 Å². The van der Waals surface area contributed by atoms with Crippen molar-refractivity contribution < 1.29 is 29.1 Å². The van der Waals surface area contributed by atoms with E-state index >= 15 is 0 Å². The Morgan fingerprint density at radius 3 is 2.25 bits per heavy atom. The van der Waals surface area contributed by atoms with Crippen LogP contribution in [-0.2, 0) is 19.2 Å². The Labute approximate surface area is 428 Å². The summed E-state index contributed by atoms with van der Waals surface area (Å²) < 4.78 is 0. The number of nitrogens with one attached hydrogen (secondary N) is 6. The molecule has 7 N–H and O–H groups in total. The summed E-state index contributed by atoms with van der Waals surface area (Å²) in [5.41, 5.74) is 9.11. The average molecular weight is 1000 g/mol. The first-order valence-corrected chi connectivity index (χ1v) is 25.5. The molecule has 0 aliphatic carbocycles. The molecular weight excluding hydrogens is 941 g/mol. The summed E-state index contributed by atoms with van der Waals surface area (Å²) in [7, 11) is 0. The van der Waals surface area contributed by atoms with Crippen LogP contribution in [0.2, 0.25) is 0 Å². The number of hydrogen-bond donors (Lipinski definition) is 7. The van der Waals surface area contributed by atoms with E-state index in [4.69, 9.17) is 0 Å². The monoisotopic (exact) mass is 1000 g/mol. The molecule has 378 valence electrons. The van der Waals surface area contributed by atoms with Crippen molar-refractivity contribution in [2.75, 3.05) is 22.5 Å². The zero-order valence-electron chi connectivity index (χ0n) is 41.7. The van der Waals surface area contributed by atoms with Gasteiger partial charge in [0.1, 0.15) is 24.2 Å². The van der Waals surface area contributed by atoms with E-state index in [2.05, 4.69) is 46.5 Å². The summed E-state index contributed by atoms with van der Waals surface area (Å²) in [6.07, 6.45) is 5.75. The fourth-order valence-corrected chi connectivity index (χ4v) is 9.80. The minimum absolute atomic E-state index is 0.0101. The fourth-order valence-electron chi connectivity index (χ4n) is 8.98. The third-order valence-corrected chi connectivity index (χ3v) is 14.0. The summed E-state index contributed by atoms with van der Waals surface area (Å²) in [5.74, 6) is -0.922. The van der Waals surface area contributed by atoms with Crippen molar-refractivity contribution in [3.8, 4) is 21.7 Å². The zero-order chi connectivity index (χ0) is 51.6. The van der Waals surface area contributed by atoms with Crippen molar-refractivity contribution in [1.82, 2.24) is 35.5 Å². The first-order valence-electron chi connectivity index (χ1n) is 24.6. The van der Waals surface area contributed by atoms with E-state index in [9.17, 15) is 29.1 Å². The highest BCUT2D eigenvalue weighted by atomic mass is 32.1. The molecule has 0 saturated carbocycles. The molecule has 0 bridgehead atoms. The molecule has 0 spiro atoms. The van der Waals surface area contributed by atoms with Gasteiger partial charge in [0.25, 0.3) is 5.91 Å². The second-order valence-electron chi connectivity index (χ2n) is 19.6. The molecule has 1 saturated heterocycles. The van der Waals surface area contributed by atoms with E-state index in [-0.39, 0.29) is 55.5 Å². The van der Waals surface area contributed by atoms with Gasteiger partial charge in [-0.3, -0.25) is 24.0 Å². The molecule has 4 heterocycles. The van der Waals surface area contributed by atoms with Gasteiger partial charge in [-0.2, -0.15) is 0 Å². The highest BCUT2D eigenvalue weighted by Crippen LogP contribution is 2.32. The molecule has 1 aliphatic rings. The number of amides is 5. The zero-order valence-corrected chi connectivity index (χ0v) is 42.5. The first-order chi connectivity index (χ1) is 35.1. The van der Waals surface area contributed by atoms with Gasteiger partial charge in [0.05, 0.1) is 33.9 Å². The Balaban J connectivity index is 0.740. The van der Waals surface area contributed by atoms with Gasteiger partial charge in [0.2, 0.25) is 23.6 Å². The normalized spacial score (nSPS) is 15.3. The average Bonchev–Trinajstić information content (AvgIpc) is 4.12. The maximum absolute atomic E-state index is 14.1. The number of fused-ring (bicyclic) bond motifs is 1. The summed E-state index contributed by atoms with van der Waals surface area (Å²) in [6.45, 7) is 9.41. The lowest BCUT2D eigenvalue weighted by Gasteiger charge is -2.35. The number of aliphatic hydroxyl groups excluding tert-OH is 1. The van der Waals surface area contributed by atoms with Crippen molar-refractivity contribution in [2.45, 2.75) is 104 Å². The number of β-amino-alcohol motifs (C(OH)–C–C–N with tert-alkyl or cyclic N) is 1. The quantitative estimate of drug-likeness (QED) is 0.0380. The highest BCUT2D eigenvalue weighted by Gasteiger charge is 2.44. The summed E-state index contributed by atoms with van der Waals surface area (Å²) in [5, 5.41) is 26.8. The minimum Gasteiger partial charge on any atom is -0.391 e. The van der Waals surface area contributed by atoms with E-state index in [1.807, 2.05) is 119 Å². The maximum atomic E-state index is 14.1. The molecule has 17 heteroatoms. The van der Waals surface area contributed by atoms with Crippen molar-refractivity contribution in [2.24, 2.45) is 5.41 Å². The van der Waals surface area contributed by atoms with Crippen LogP contribution in [-0.4, -0.2) is 84.2 Å². The molecule has 8 rings (SSSR count). The van der Waals surface area contributed by atoms with Crippen LogP contribution in [0.25, 0.3) is 32.6 Å². The first kappa shape index (κ1) is 51.6. The summed E-state index contributed by atoms with van der Waals surface area (Å²) in [4.78, 5) is 86.0. The largest absolute Gasteiger partial charge is 0.391 e. The predicted molar refractivity (Wildman–Crippen MR) is 286 cm³/mol. The van der Waals surface area contributed by atoms with E-state index in [0.717, 1.165) is 56.0 Å². The van der Waals surface area contributed by atoms with Crippen LogP contribution in [0.5, 0.6) is 0 Å². The predicted octanol–water partition coefficient (Wildman–Crippen LogP) is 9.70. The number of aliphatic hydroxyl groups is 1. The molecule has 7 aromatic rings. The van der Waals surface area contributed by atoms with Gasteiger partial charge >= 0.3 is 0 Å². The molecule has 1 fully saturated rings. The number of H-pyrrole nitrogens is 1. The standard InChI is InChI=1S/C56H62N10O6S/c1-34(36-19-21-37(22-20-36)51-35(2)60-33-73-51)61-54(71)47-28-42(67)31-66(47)55(72)52(56(3,4)5)65-50(69)18-9-7-6-8-17-49(68)63-39-25-23-38(24-26-39)53(70)64-41-14-12-13-40(27-41)62-48-29-46(58-32-59-48)44-30-57-45-16-11-10-15-43(44)45/h10-16,19-27,29-30,32-34,42,47,52,57,67H,6-9,17-18,28,31H2,1-5H3,(H,61,71)(H,63,68)(H,64,70)(H,65,69)(H,58,59,62)/t34-,42+,47-,52+/m0/s1. The fraction of sp³-hybridized carbons (Fsp3) is 0.321. The van der Waals surface area contributed by atoms with Crippen molar-refractivity contribution >= 4 is 74.7 Å². The molecule has 5 amide bonds. The van der Waals surface area contributed by atoms with Gasteiger partial charge in [-0.1, -0.05) is 82.1 Å². The molecular formula is C56H62N10O6S. The van der Waals surface area contributed by atoms with E-state index < -0.39 is 29.5 Å². The Bertz CT molecular complexity index is 3070. The van der Waals surface area contributed by atoms with Crippen molar-refractivity contribution in [1.29, 1.82) is 0 Å². The molecule has 16 nitrogen and oxygen atoms in total. The van der Waals surface area contributed by atoms with Gasteiger partial charge < -0.3 is 41.6 Å². The summed E-state index contributed by atoms with van der Waals surface area (Å²) >= 11 is 1.57. The molecule has 73 heavy (non-hydrogen) atoms. The number of carbonyl (C=O) groups excluding carboxylic acids is 5. The lowest BCUT2D eigenvalue weighted by Crippen LogP contribution is -2.57. The van der Waals surface area contributed by atoms with Gasteiger partial charge in [0.15, 0.2) is 0 Å². The number of benzene rings is 4. The number of aromatic amines is 1. The summed E-state index contributed by atoms with van der Waals surface area (Å²) in [6, 6.07) is 29.7. The molecule has 0 radical (unpaired) electrons. The van der Waals surface area contributed by atoms with E-state index in [1.54, 1.807) is 41.7 Å². The smallest absolute Gasteiger partial charge is 0.255 e. The lowest BCUT2D eigenvalue weighted by atomic mass is 9.85. The third-order valence-electron chi connectivity index (χ3n) is 13.0. The molecule has 4 aromatic carbocycles. The van der Waals surface area contributed by atoms with Crippen LogP contribution >= 0.6 is 11.3 Å². The Morgan fingerprint density at radius 2 is 1.52 bits per heavy atom. The van der Waals surface area contributed by atoms with Crippen LogP contribution in [0.15, 0.2) is 121 Å². The van der Waals surface area contributed by atoms with Crippen LogP contribution in [0.1, 0.15) is 100 Å². The number of thiazole rings is 1. The maximum Gasteiger partial charge on any atom is 0.255 e. The highest BCUT2D eigenvalue weighted by molar-refractivity contribution is 7.13. The Kier molecular flexibility index (Phi) is 16.4. The number of hydrogen-bond acceptors (Lipinski definition) is 11. The van der Waals surface area contributed by atoms with Gasteiger partial charge in [0, 0.05) is 77.2 Å². The topological polar surface area (TPSA) is 223 Å². The van der Waals surface area contributed by atoms with Crippen molar-refractivity contribution in [3.05, 3.63) is 138 Å². The SMILES string of the molecule is Cc1ncsc1-c1ccc([C@H](C)NC(=O)[C@@H]2C[C@@H](O)CN2C(=O)[C@@H](NC(=O)CCCCCCC(=O)Nc2ccc(C(=O)Nc3cccc(Nc4cc(-c5c[nH]c6ccccc56)ncn4)c3)cc2)C(C)(C)C)cc1. The third kappa shape index (κ3) is 13.2. The van der Waals surface area contributed by atoms with E-state index in [1.165, 1.54) is 11.2 Å². The minimum atomic E-state index is -0.920. The number of anilines is 4. The van der Waals surface area contributed by atoms with Crippen LogP contribution in [0, 0.1) is 12.3 Å². The van der Waals surface area contributed by atoms with Crippen LogP contribution in [0.4, 0.5) is 22.9 Å². The van der Waals surface area contributed by atoms with Gasteiger partial charge in [-0.25, -0.2) is 15.0 Å². The molecule has 0 unspecified atom stereocenters. The number of carbonyl (C=O) groups is 5. The second-order valence-corrected chi connectivity index (χ2v) is 20.5. The Morgan fingerprint density at radius 1 is 0.795 bits per heavy atom. The second kappa shape index (κ2) is 23.2. The number of aromatic nitrogens is 4. The lowest BCUT2D eigenvalue weighted by molar-refractivity contribution is -0.144. The van der Waals surface area contributed by atoms with E-state index in [0.29, 0.717) is 42.0 Å². The number of likely N-dealkylation sites (tertiary alicyclic amines) is 1. The van der Waals surface area contributed by atoms with Gasteiger partial charge in [-0.05, 0) is 91.8 Å². The molecule has 4 atom stereocenters. The number of rotatable bonds is 19. The Hall–Kier alpha value is -7.76. The molecule has 1 aliphatic heterocycles. The molecule has 3 aromatic heterocycles. The number of nitrogens with zero attached hydrogens (tertiary/aromatic N) is 4.